The maximum Gasteiger partial charge on any atom is 0.311 e. The third-order valence-electron chi connectivity index (χ3n) is 13.3. The number of likely N-dealkylation sites (N-methyl/N-ethyl adjacent to an activating group) is 2. The fraction of sp³-hybridized carbons (Fsp3) is 0.933. The highest BCUT2D eigenvalue weighted by Crippen LogP contribution is 2.41. The van der Waals surface area contributed by atoms with Crippen molar-refractivity contribution in [3.63, 3.8) is 0 Å². The zero-order valence-electron chi connectivity index (χ0n) is 39.2. The number of carbonyl (C=O) groups excluding carboxylic acids is 1. The minimum absolute atomic E-state index is 0.148. The molecular weight excluding hydrogens is 776 g/mol. The van der Waals surface area contributed by atoms with E-state index in [2.05, 4.69) is 5.92 Å². The largest absolute Gasteiger partial charge is 0.459 e. The molecule has 0 aromatic carbocycles. The Morgan fingerprint density at radius 3 is 2.23 bits per heavy atom. The number of aliphatic hydroxyl groups excluding tert-OH is 2. The molecule has 3 saturated heterocycles. The Morgan fingerprint density at radius 1 is 0.967 bits per heavy atom. The average Bonchev–Trinajstić information content (AvgIpc) is 3.17. The average molecular weight is 859 g/mol. The van der Waals surface area contributed by atoms with Gasteiger partial charge in [-0.25, -0.2) is 0 Å². The molecule has 1 unspecified atom stereocenters. The smallest absolute Gasteiger partial charge is 0.311 e. The van der Waals surface area contributed by atoms with Crippen molar-refractivity contribution in [2.75, 3.05) is 54.6 Å². The van der Waals surface area contributed by atoms with Gasteiger partial charge in [-0.15, -0.1) is 12.3 Å². The van der Waals surface area contributed by atoms with E-state index in [0.29, 0.717) is 39.2 Å². The van der Waals surface area contributed by atoms with Crippen LogP contribution in [0.15, 0.2) is 0 Å². The van der Waals surface area contributed by atoms with E-state index in [1.165, 1.54) is 6.92 Å². The monoisotopic (exact) mass is 859 g/mol. The zero-order valence-corrected chi connectivity index (χ0v) is 39.2. The summed E-state index contributed by atoms with van der Waals surface area (Å²) in [5, 5.41) is 47.7. The van der Waals surface area contributed by atoms with Crippen LogP contribution >= 0.6 is 0 Å². The number of rotatable bonds is 14. The van der Waals surface area contributed by atoms with Gasteiger partial charge in [-0.05, 0) is 101 Å². The van der Waals surface area contributed by atoms with Gasteiger partial charge >= 0.3 is 5.97 Å². The number of carbonyl (C=O) groups is 1. The van der Waals surface area contributed by atoms with Crippen molar-refractivity contribution in [1.82, 2.24) is 9.80 Å². The number of ether oxygens (including phenoxy) is 8. The molecule has 0 spiro atoms. The number of hydrogen-bond acceptors (Lipinski definition) is 15. The van der Waals surface area contributed by atoms with E-state index in [9.17, 15) is 25.2 Å². The van der Waals surface area contributed by atoms with Crippen molar-refractivity contribution >= 4 is 5.97 Å². The second-order valence-corrected chi connectivity index (χ2v) is 18.9. The summed E-state index contributed by atoms with van der Waals surface area (Å²) < 4.78 is 50.7. The molecule has 3 aliphatic rings. The van der Waals surface area contributed by atoms with Gasteiger partial charge in [-0.3, -0.25) is 4.79 Å². The van der Waals surface area contributed by atoms with Gasteiger partial charge in [-0.1, -0.05) is 20.8 Å². The Hall–Kier alpha value is -1.49. The van der Waals surface area contributed by atoms with Crippen LogP contribution in [0.3, 0.4) is 0 Å². The topological polar surface area (TPSA) is 178 Å². The summed E-state index contributed by atoms with van der Waals surface area (Å²) >= 11 is 0. The van der Waals surface area contributed by atoms with E-state index >= 15 is 0 Å². The van der Waals surface area contributed by atoms with Crippen LogP contribution in [0, 0.1) is 30.1 Å². The summed E-state index contributed by atoms with van der Waals surface area (Å²) in [7, 11) is 7.25. The minimum Gasteiger partial charge on any atom is -0.459 e. The van der Waals surface area contributed by atoms with Crippen LogP contribution < -0.4 is 0 Å². The van der Waals surface area contributed by atoms with E-state index in [0.717, 1.165) is 6.42 Å². The number of unbranched alkanes of at least 4 members (excludes halogenated alkanes) is 1. The van der Waals surface area contributed by atoms with Gasteiger partial charge in [0.25, 0.3) is 0 Å². The molecule has 0 aliphatic carbocycles. The third-order valence-corrected chi connectivity index (χ3v) is 13.3. The number of cyclic esters (lactones) is 1. The lowest BCUT2D eigenvalue weighted by atomic mass is 9.77. The molecule has 4 N–H and O–H groups in total. The Kier molecular flexibility index (Phi) is 20.2. The van der Waals surface area contributed by atoms with Gasteiger partial charge in [0.15, 0.2) is 12.6 Å². The summed E-state index contributed by atoms with van der Waals surface area (Å²) in [5.74, 6) is 0.0284. The Bertz CT molecular complexity index is 1350. The van der Waals surface area contributed by atoms with E-state index in [1.54, 1.807) is 27.9 Å². The number of nitrogens with zero attached hydrogens (tertiary/aromatic N) is 2. The lowest BCUT2D eigenvalue weighted by molar-refractivity contribution is -0.321. The normalized spacial score (nSPS) is 44.4. The molecule has 350 valence electrons. The van der Waals surface area contributed by atoms with Crippen LogP contribution in [0.25, 0.3) is 0 Å². The summed E-state index contributed by atoms with van der Waals surface area (Å²) in [4.78, 5) is 18.3. The molecule has 0 radical (unpaired) electrons. The van der Waals surface area contributed by atoms with Gasteiger partial charge < -0.3 is 68.1 Å². The van der Waals surface area contributed by atoms with Crippen LogP contribution in [-0.2, 0) is 42.7 Å². The summed E-state index contributed by atoms with van der Waals surface area (Å²) in [6.45, 7) is 19.7. The van der Waals surface area contributed by atoms with Crippen LogP contribution in [0.5, 0.6) is 0 Å². The van der Waals surface area contributed by atoms with E-state index in [4.69, 9.17) is 44.3 Å². The van der Waals surface area contributed by atoms with Crippen molar-refractivity contribution < 1.29 is 63.1 Å². The number of aliphatic hydroxyl groups is 4. The van der Waals surface area contributed by atoms with Gasteiger partial charge in [0, 0.05) is 51.1 Å². The Balaban J connectivity index is 2.09. The number of methoxy groups -OCH3 is 1. The third kappa shape index (κ3) is 13.3. The minimum atomic E-state index is -1.81. The van der Waals surface area contributed by atoms with Crippen LogP contribution in [0.4, 0.5) is 0 Å². The zero-order chi connectivity index (χ0) is 45.3. The van der Waals surface area contributed by atoms with Gasteiger partial charge in [0.05, 0.1) is 54.7 Å². The molecule has 15 nitrogen and oxygen atoms in total. The molecule has 3 aliphatic heterocycles. The van der Waals surface area contributed by atoms with Crippen molar-refractivity contribution in [2.24, 2.45) is 17.8 Å². The van der Waals surface area contributed by atoms with E-state index in [1.807, 2.05) is 72.5 Å². The molecule has 0 aromatic heterocycles. The summed E-state index contributed by atoms with van der Waals surface area (Å²) in [6, 6.07) is -0.819. The Labute approximate surface area is 361 Å². The lowest BCUT2D eigenvalue weighted by Crippen LogP contribution is -2.61. The van der Waals surface area contributed by atoms with Gasteiger partial charge in [0.2, 0.25) is 0 Å². The molecule has 3 rings (SSSR count). The van der Waals surface area contributed by atoms with E-state index < -0.39 is 96.0 Å². The molecule has 0 amide bonds. The fourth-order valence-electron chi connectivity index (χ4n) is 9.65. The molecule has 0 bridgehead atoms. The first-order valence-electron chi connectivity index (χ1n) is 22.1. The predicted molar refractivity (Wildman–Crippen MR) is 227 cm³/mol. The van der Waals surface area contributed by atoms with Crippen LogP contribution in [0.2, 0.25) is 0 Å². The first-order chi connectivity index (χ1) is 27.9. The van der Waals surface area contributed by atoms with Crippen molar-refractivity contribution in [1.29, 1.82) is 0 Å². The molecule has 60 heavy (non-hydrogen) atoms. The van der Waals surface area contributed by atoms with Crippen molar-refractivity contribution in [2.45, 2.75) is 198 Å². The maximum absolute atomic E-state index is 14.4. The first-order valence-corrected chi connectivity index (χ1v) is 22.1. The van der Waals surface area contributed by atoms with Crippen molar-refractivity contribution in [3.8, 4) is 12.3 Å². The SMILES string of the molecule is C#CCCCOCCO[C@H]1[C@H](C)O[C@@H](OC2[C@@H](C)C(=O)O[C@H](CC)[C@@](C)(O)[C@H](O)[C@@H](C)N(C)C[C@H](C)C[C@@](C)(O)[C@H](O[C@@H]3O[C@H](C)C[C@H](N(C)C)[C@H]3O)[C@H]2C)C[C@@]1(C)OC. The van der Waals surface area contributed by atoms with Crippen LogP contribution in [0.1, 0.15) is 108 Å². The van der Waals surface area contributed by atoms with Crippen LogP contribution in [-0.4, -0.2) is 181 Å². The second kappa shape index (κ2) is 22.9. The Morgan fingerprint density at radius 2 is 1.63 bits per heavy atom. The summed E-state index contributed by atoms with van der Waals surface area (Å²) in [5.41, 5.74) is -4.25. The molecule has 0 aromatic rings. The molecular formula is C45H82N2O13. The number of terminal acetylenes is 1. The maximum atomic E-state index is 14.4. The predicted octanol–water partition coefficient (Wildman–Crippen LogP) is 3.36. The highest BCUT2D eigenvalue weighted by molar-refractivity contribution is 5.73. The van der Waals surface area contributed by atoms with Crippen molar-refractivity contribution in [3.05, 3.63) is 0 Å². The highest BCUT2D eigenvalue weighted by Gasteiger charge is 2.53. The molecule has 3 heterocycles. The number of hydrogen-bond donors (Lipinski definition) is 4. The van der Waals surface area contributed by atoms with E-state index in [-0.39, 0.29) is 37.3 Å². The number of esters is 1. The molecule has 18 atom stereocenters. The highest BCUT2D eigenvalue weighted by atomic mass is 16.7. The van der Waals surface area contributed by atoms with Gasteiger partial charge in [-0.2, -0.15) is 0 Å². The van der Waals surface area contributed by atoms with Gasteiger partial charge in [0.1, 0.15) is 30.0 Å². The second-order valence-electron chi connectivity index (χ2n) is 18.9. The quantitative estimate of drug-likeness (QED) is 0.114. The lowest BCUT2D eigenvalue weighted by Gasteiger charge is -2.49. The first kappa shape index (κ1) is 52.9. The molecule has 15 heteroatoms. The molecule has 0 saturated carbocycles. The fourth-order valence-corrected chi connectivity index (χ4v) is 9.65. The summed E-state index contributed by atoms with van der Waals surface area (Å²) in [6.07, 6.45) is -0.726. The molecule has 3 fully saturated rings. The standard InChI is InChI=1S/C45H82N2O13/c1-16-18-19-20-54-21-22-55-40-32(8)57-35(25-44(40,10)53-15)59-37-29(5)39(60-42-36(48)33(46(12)13)23-28(4)56-42)43(9,51)24-27(3)26-47(14)31(7)38(49)45(11,52)34(17-2)58-41(50)30(37)6/h1,27-40,42,48-49,51-52H,17-26H2,2-15H3/t27-,28-,29+,30-,31-,32+,33+,34-,35+,36-,37?,38-,39-,40+,42+,43-,44-,45-/m1/s1.